The number of carbonyl (C=O) groups excluding carboxylic acids is 1. The van der Waals surface area contributed by atoms with Gasteiger partial charge in [0.1, 0.15) is 5.75 Å². The van der Waals surface area contributed by atoms with Crippen molar-refractivity contribution in [1.29, 1.82) is 0 Å². The number of pyridine rings is 1. The molecule has 9 heteroatoms. The quantitative estimate of drug-likeness (QED) is 0.303. The topological polar surface area (TPSA) is 82.6 Å². The fourth-order valence-electron chi connectivity index (χ4n) is 3.66. The highest BCUT2D eigenvalue weighted by Gasteiger charge is 2.16. The molecule has 0 radical (unpaired) electrons. The Bertz CT molecular complexity index is 1540. The molecule has 5 rings (SSSR count). The number of anilines is 1. The maximum atomic E-state index is 14.9. The highest BCUT2D eigenvalue weighted by molar-refractivity contribution is 7.22. The van der Waals surface area contributed by atoms with Crippen molar-refractivity contribution in [2.45, 2.75) is 6.42 Å². The van der Waals surface area contributed by atoms with Gasteiger partial charge < -0.3 is 19.5 Å². The summed E-state index contributed by atoms with van der Waals surface area (Å²) in [6, 6.07) is 17.4. The highest BCUT2D eigenvalue weighted by Crippen LogP contribution is 2.39. The van der Waals surface area contributed by atoms with Gasteiger partial charge in [-0.15, -0.1) is 0 Å². The summed E-state index contributed by atoms with van der Waals surface area (Å²) in [5.41, 5.74) is 1.94. The first kappa shape index (κ1) is 22.5. The molecular weight excluding hydrogens is 469 g/mol. The van der Waals surface area contributed by atoms with Crippen LogP contribution in [0.2, 0.25) is 0 Å². The fourth-order valence-corrected chi connectivity index (χ4v) is 4.55. The maximum absolute atomic E-state index is 14.9. The first-order chi connectivity index (χ1) is 17.0. The fraction of sp³-hybridized carbons (Fsp3) is 0.115. The van der Waals surface area contributed by atoms with Crippen LogP contribution < -0.4 is 19.5 Å². The van der Waals surface area contributed by atoms with Gasteiger partial charge in [-0.3, -0.25) is 9.78 Å². The molecule has 5 aromatic rings. The largest absolute Gasteiger partial charge is 0.493 e. The molecule has 0 atom stereocenters. The van der Waals surface area contributed by atoms with Crippen molar-refractivity contribution in [2.75, 3.05) is 19.5 Å². The zero-order valence-corrected chi connectivity index (χ0v) is 19.7. The molecule has 0 saturated heterocycles. The van der Waals surface area contributed by atoms with Gasteiger partial charge in [0, 0.05) is 29.8 Å². The zero-order chi connectivity index (χ0) is 24.4. The second kappa shape index (κ2) is 9.55. The molecule has 3 aromatic carbocycles. The smallest absolute Gasteiger partial charge is 0.230 e. The van der Waals surface area contributed by atoms with Gasteiger partial charge in [0.05, 0.1) is 36.4 Å². The molecule has 0 aliphatic rings. The minimum absolute atomic E-state index is 0.0330. The molecule has 0 spiro atoms. The normalized spacial score (nSPS) is 10.9. The predicted molar refractivity (Wildman–Crippen MR) is 133 cm³/mol. The second-order valence-electron chi connectivity index (χ2n) is 7.62. The molecule has 35 heavy (non-hydrogen) atoms. The van der Waals surface area contributed by atoms with Gasteiger partial charge in [0.2, 0.25) is 5.91 Å². The van der Waals surface area contributed by atoms with E-state index in [0.29, 0.717) is 43.5 Å². The van der Waals surface area contributed by atoms with Gasteiger partial charge in [-0.2, -0.15) is 0 Å². The summed E-state index contributed by atoms with van der Waals surface area (Å²) >= 11 is 1.25. The summed E-state index contributed by atoms with van der Waals surface area (Å²) in [4.78, 5) is 21.1. The molecular formula is C26H20FN3O4S. The molecule has 0 aliphatic heterocycles. The van der Waals surface area contributed by atoms with E-state index in [1.165, 1.54) is 24.5 Å². The Morgan fingerprint density at radius 3 is 2.49 bits per heavy atom. The van der Waals surface area contributed by atoms with Crippen molar-refractivity contribution in [3.63, 3.8) is 0 Å². The molecule has 0 aliphatic carbocycles. The second-order valence-corrected chi connectivity index (χ2v) is 8.65. The van der Waals surface area contributed by atoms with E-state index >= 15 is 0 Å². The van der Waals surface area contributed by atoms with Crippen LogP contribution in [0, 0.1) is 5.82 Å². The van der Waals surface area contributed by atoms with E-state index in [1.807, 2.05) is 30.3 Å². The average Bonchev–Trinajstić information content (AvgIpc) is 3.24. The number of halogens is 1. The van der Waals surface area contributed by atoms with E-state index in [-0.39, 0.29) is 18.1 Å². The third-order valence-electron chi connectivity index (χ3n) is 5.32. The van der Waals surface area contributed by atoms with Crippen LogP contribution in [0.4, 0.5) is 9.52 Å². The van der Waals surface area contributed by atoms with Crippen molar-refractivity contribution in [3.8, 4) is 23.0 Å². The average molecular weight is 490 g/mol. The van der Waals surface area contributed by atoms with Crippen LogP contribution >= 0.6 is 11.3 Å². The van der Waals surface area contributed by atoms with Crippen molar-refractivity contribution in [1.82, 2.24) is 9.97 Å². The summed E-state index contributed by atoms with van der Waals surface area (Å²) in [6.07, 6.45) is 1.80. The van der Waals surface area contributed by atoms with Gasteiger partial charge in [0.25, 0.3) is 0 Å². The predicted octanol–water partition coefficient (Wildman–Crippen LogP) is 5.97. The number of benzene rings is 3. The molecule has 0 unspecified atom stereocenters. The number of methoxy groups -OCH3 is 2. The van der Waals surface area contributed by atoms with E-state index in [2.05, 4.69) is 15.3 Å². The summed E-state index contributed by atoms with van der Waals surface area (Å²) in [7, 11) is 3.08. The van der Waals surface area contributed by atoms with Crippen LogP contribution in [-0.2, 0) is 11.2 Å². The lowest BCUT2D eigenvalue weighted by molar-refractivity contribution is -0.115. The first-order valence-corrected chi connectivity index (χ1v) is 11.5. The molecule has 2 heterocycles. The van der Waals surface area contributed by atoms with Crippen molar-refractivity contribution >= 4 is 43.5 Å². The number of aromatic nitrogens is 2. The van der Waals surface area contributed by atoms with Crippen LogP contribution in [0.3, 0.4) is 0 Å². The monoisotopic (exact) mass is 489 g/mol. The third kappa shape index (κ3) is 4.71. The first-order valence-electron chi connectivity index (χ1n) is 10.7. The van der Waals surface area contributed by atoms with Crippen LogP contribution in [0.15, 0.2) is 66.9 Å². The lowest BCUT2D eigenvalue weighted by atomic mass is 10.1. The Labute approximate surface area is 204 Å². The number of hydrogen-bond donors (Lipinski definition) is 1. The highest BCUT2D eigenvalue weighted by atomic mass is 32.1. The number of amides is 1. The van der Waals surface area contributed by atoms with Crippen molar-refractivity contribution < 1.29 is 23.4 Å². The molecule has 176 valence electrons. The lowest BCUT2D eigenvalue weighted by Crippen LogP contribution is -2.13. The zero-order valence-electron chi connectivity index (χ0n) is 18.9. The minimum Gasteiger partial charge on any atom is -0.493 e. The van der Waals surface area contributed by atoms with E-state index in [9.17, 15) is 9.18 Å². The Morgan fingerprint density at radius 2 is 1.71 bits per heavy atom. The van der Waals surface area contributed by atoms with Gasteiger partial charge in [-0.1, -0.05) is 41.7 Å². The van der Waals surface area contributed by atoms with Crippen LogP contribution in [0.25, 0.3) is 21.1 Å². The molecule has 0 saturated carbocycles. The summed E-state index contributed by atoms with van der Waals surface area (Å²) < 4.78 is 32.3. The molecule has 0 fully saturated rings. The number of hydrogen-bond acceptors (Lipinski definition) is 7. The van der Waals surface area contributed by atoms with Crippen LogP contribution in [0.5, 0.6) is 23.0 Å². The number of carbonyl (C=O) groups is 1. The van der Waals surface area contributed by atoms with Crippen molar-refractivity contribution in [2.24, 2.45) is 0 Å². The third-order valence-corrected chi connectivity index (χ3v) is 6.26. The lowest BCUT2D eigenvalue weighted by Gasteiger charge is -2.12. The van der Waals surface area contributed by atoms with Crippen molar-refractivity contribution in [3.05, 3.63) is 78.2 Å². The van der Waals surface area contributed by atoms with E-state index < -0.39 is 5.82 Å². The molecule has 2 aromatic heterocycles. The SMILES string of the molecule is COc1cc2nccc(Oc3cc4sc(NC(=O)Cc5ccccc5)nc4cc3F)c2cc1OC. The number of thiazole rings is 1. The number of ether oxygens (including phenoxy) is 3. The standard InChI is InChI=1S/C26H20FN3O4S/c1-32-22-11-16-18(13-23(22)33-2)28-9-8-20(16)34-21-14-24-19(12-17(21)27)29-26(35-24)30-25(31)10-15-6-4-3-5-7-15/h3-9,11-14H,10H2,1-2H3,(H,29,30,31). The molecule has 1 amide bonds. The van der Waals surface area contributed by atoms with E-state index in [4.69, 9.17) is 14.2 Å². The summed E-state index contributed by atoms with van der Waals surface area (Å²) in [6.45, 7) is 0. The van der Waals surface area contributed by atoms with Gasteiger partial charge in [0.15, 0.2) is 28.2 Å². The van der Waals surface area contributed by atoms with E-state index in [1.54, 1.807) is 37.6 Å². The van der Waals surface area contributed by atoms with Crippen LogP contribution in [0.1, 0.15) is 5.56 Å². The molecule has 1 N–H and O–H groups in total. The van der Waals surface area contributed by atoms with Gasteiger partial charge in [-0.05, 0) is 17.7 Å². The Hall–Kier alpha value is -4.24. The van der Waals surface area contributed by atoms with Crippen LogP contribution in [-0.4, -0.2) is 30.1 Å². The summed E-state index contributed by atoms with van der Waals surface area (Å²) in [5, 5.41) is 3.82. The Morgan fingerprint density at radius 1 is 0.943 bits per heavy atom. The van der Waals surface area contributed by atoms with E-state index in [0.717, 1.165) is 5.56 Å². The van der Waals surface area contributed by atoms with Gasteiger partial charge in [-0.25, -0.2) is 9.37 Å². The summed E-state index contributed by atoms with van der Waals surface area (Å²) in [5.74, 6) is 0.715. The number of nitrogens with zero attached hydrogens (tertiary/aromatic N) is 2. The number of rotatable bonds is 7. The van der Waals surface area contributed by atoms with Gasteiger partial charge >= 0.3 is 0 Å². The Balaban J connectivity index is 1.42. The minimum atomic E-state index is -0.574. The maximum Gasteiger partial charge on any atom is 0.230 e. The Kier molecular flexibility index (Phi) is 6.15. The molecule has 7 nitrogen and oxygen atoms in total. The number of fused-ring (bicyclic) bond motifs is 2. The number of nitrogens with one attached hydrogen (secondary N) is 1. The molecule has 0 bridgehead atoms.